The van der Waals surface area contributed by atoms with Crippen LogP contribution in [0.2, 0.25) is 0 Å². The van der Waals surface area contributed by atoms with Crippen LogP contribution in [0.25, 0.3) is 0 Å². The molecule has 0 saturated carbocycles. The number of halogens is 1. The lowest BCUT2D eigenvalue weighted by Gasteiger charge is -2.42. The summed E-state index contributed by atoms with van der Waals surface area (Å²) in [7, 11) is 1.91. The maximum atomic E-state index is 14.7. The summed E-state index contributed by atoms with van der Waals surface area (Å²) < 4.78 is 26.3. The van der Waals surface area contributed by atoms with E-state index in [1.165, 1.54) is 5.56 Å². The summed E-state index contributed by atoms with van der Waals surface area (Å²) in [5, 5.41) is 0. The monoisotopic (exact) mass is 370 g/mol. The van der Waals surface area contributed by atoms with E-state index in [0.29, 0.717) is 25.5 Å². The first-order valence-electron chi connectivity index (χ1n) is 9.26. The first-order chi connectivity index (χ1) is 12.9. The third-order valence-electron chi connectivity index (χ3n) is 4.98. The smallest absolute Gasteiger partial charge is 0.149 e. The largest absolute Gasteiger partial charge is 0.375 e. The van der Waals surface area contributed by atoms with Crippen molar-refractivity contribution >= 4 is 12.0 Å². The fourth-order valence-corrected chi connectivity index (χ4v) is 3.01. The maximum absolute atomic E-state index is 14.7. The summed E-state index contributed by atoms with van der Waals surface area (Å²) in [5.74, 6) is -0.346. The molecule has 5 heteroatoms. The molecule has 0 amide bonds. The van der Waals surface area contributed by atoms with Crippen molar-refractivity contribution in [2.24, 2.45) is 4.99 Å². The Morgan fingerprint density at radius 2 is 1.93 bits per heavy atom. The van der Waals surface area contributed by atoms with E-state index in [1.54, 1.807) is 18.5 Å². The zero-order valence-electron chi connectivity index (χ0n) is 16.5. The molecule has 3 rings (SSSR count). The van der Waals surface area contributed by atoms with Gasteiger partial charge in [-0.3, -0.25) is 0 Å². The van der Waals surface area contributed by atoms with Gasteiger partial charge in [0.15, 0.2) is 0 Å². The summed E-state index contributed by atoms with van der Waals surface area (Å²) in [6, 6.07) is 11.6. The minimum absolute atomic E-state index is 0.338. The molecule has 144 valence electrons. The van der Waals surface area contributed by atoms with E-state index in [-0.39, 0.29) is 5.82 Å². The number of aliphatic imine (C=N–C) groups is 1. The zero-order chi connectivity index (χ0) is 19.4. The van der Waals surface area contributed by atoms with Gasteiger partial charge in [0.1, 0.15) is 17.1 Å². The number of benzene rings is 2. The Balaban J connectivity index is 1.81. The Labute approximate surface area is 160 Å². The Morgan fingerprint density at radius 3 is 2.52 bits per heavy atom. The number of nitrogens with zero attached hydrogens (tertiary/aromatic N) is 2. The van der Waals surface area contributed by atoms with E-state index in [0.717, 1.165) is 23.2 Å². The summed E-state index contributed by atoms with van der Waals surface area (Å²) in [5.41, 5.74) is 3.83. The minimum atomic E-state index is -0.599. The Bertz CT molecular complexity index is 814. The predicted molar refractivity (Wildman–Crippen MR) is 106 cm³/mol. The molecule has 0 N–H and O–H groups in total. The molecule has 0 aliphatic carbocycles. The maximum Gasteiger partial charge on any atom is 0.149 e. The van der Waals surface area contributed by atoms with Crippen LogP contribution < -0.4 is 0 Å². The first kappa shape index (κ1) is 19.5. The van der Waals surface area contributed by atoms with E-state index in [1.807, 2.05) is 25.8 Å². The van der Waals surface area contributed by atoms with E-state index in [4.69, 9.17) is 9.47 Å². The van der Waals surface area contributed by atoms with Gasteiger partial charge >= 0.3 is 0 Å². The van der Waals surface area contributed by atoms with Gasteiger partial charge in [-0.15, -0.1) is 0 Å². The molecule has 0 unspecified atom stereocenters. The average Bonchev–Trinajstić information content (AvgIpc) is 2.63. The molecule has 1 aliphatic heterocycles. The lowest BCUT2D eigenvalue weighted by atomic mass is 9.87. The molecule has 0 radical (unpaired) electrons. The standard InChI is InChI=1S/C22H27FN2O2/c1-5-25(4)15-24-21-10-17(3)19(11-20(21)23)22(13-26-14-22)27-12-18-8-6-16(2)7-9-18/h6-11,15H,5,12-14H2,1-4H3. The molecular weight excluding hydrogens is 343 g/mol. The highest BCUT2D eigenvalue weighted by atomic mass is 19.1. The zero-order valence-corrected chi connectivity index (χ0v) is 16.5. The van der Waals surface area contributed by atoms with E-state index >= 15 is 0 Å². The summed E-state index contributed by atoms with van der Waals surface area (Å²) in [6.45, 7) is 8.18. The topological polar surface area (TPSA) is 34.1 Å². The van der Waals surface area contributed by atoms with Gasteiger partial charge in [-0.25, -0.2) is 9.38 Å². The van der Waals surface area contributed by atoms with E-state index < -0.39 is 5.60 Å². The van der Waals surface area contributed by atoms with Crippen molar-refractivity contribution in [1.82, 2.24) is 4.90 Å². The van der Waals surface area contributed by atoms with E-state index in [2.05, 4.69) is 36.2 Å². The minimum Gasteiger partial charge on any atom is -0.375 e. The molecule has 4 nitrogen and oxygen atoms in total. The molecule has 27 heavy (non-hydrogen) atoms. The second-order valence-corrected chi connectivity index (χ2v) is 7.20. The summed E-state index contributed by atoms with van der Waals surface area (Å²) in [4.78, 5) is 6.16. The normalized spacial score (nSPS) is 15.7. The first-order valence-corrected chi connectivity index (χ1v) is 9.26. The quantitative estimate of drug-likeness (QED) is 0.532. The van der Waals surface area contributed by atoms with Crippen LogP contribution in [-0.4, -0.2) is 38.0 Å². The van der Waals surface area contributed by atoms with E-state index in [9.17, 15) is 4.39 Å². The van der Waals surface area contributed by atoms with Crippen molar-refractivity contribution in [2.45, 2.75) is 33.0 Å². The number of hydrogen-bond acceptors (Lipinski definition) is 3. The SMILES string of the molecule is CCN(C)C=Nc1cc(C)c(C2(OCc3ccc(C)cc3)COC2)cc1F. The molecule has 0 bridgehead atoms. The van der Waals surface area contributed by atoms with Crippen molar-refractivity contribution in [3.05, 3.63) is 64.5 Å². The second-order valence-electron chi connectivity index (χ2n) is 7.20. The lowest BCUT2D eigenvalue weighted by molar-refractivity contribution is -0.223. The molecule has 1 saturated heterocycles. The molecule has 0 spiro atoms. The highest BCUT2D eigenvalue weighted by molar-refractivity contribution is 5.62. The molecule has 2 aromatic rings. The highest BCUT2D eigenvalue weighted by Gasteiger charge is 2.43. The Kier molecular flexibility index (Phi) is 5.92. The van der Waals surface area contributed by atoms with Crippen LogP contribution in [0.3, 0.4) is 0 Å². The number of ether oxygens (including phenoxy) is 2. The van der Waals surface area contributed by atoms with Gasteiger partial charge in [-0.2, -0.15) is 0 Å². The third kappa shape index (κ3) is 4.37. The molecule has 0 atom stereocenters. The van der Waals surface area contributed by atoms with Gasteiger partial charge < -0.3 is 14.4 Å². The van der Waals surface area contributed by atoms with Gasteiger partial charge in [-0.05, 0) is 49.6 Å². The van der Waals surface area contributed by atoms with Gasteiger partial charge in [0, 0.05) is 13.6 Å². The summed E-state index contributed by atoms with van der Waals surface area (Å²) >= 11 is 0. The molecule has 1 fully saturated rings. The van der Waals surface area contributed by atoms with Crippen molar-refractivity contribution in [1.29, 1.82) is 0 Å². The van der Waals surface area contributed by atoms with Gasteiger partial charge in [0.05, 0.1) is 26.2 Å². The highest BCUT2D eigenvalue weighted by Crippen LogP contribution is 2.38. The number of aryl methyl sites for hydroxylation is 2. The molecule has 1 heterocycles. The van der Waals surface area contributed by atoms with Gasteiger partial charge in [0.25, 0.3) is 0 Å². The Morgan fingerprint density at radius 1 is 1.22 bits per heavy atom. The number of rotatable bonds is 7. The summed E-state index contributed by atoms with van der Waals surface area (Å²) in [6.07, 6.45) is 1.65. The van der Waals surface area contributed by atoms with Crippen LogP contribution in [0.15, 0.2) is 41.4 Å². The molecular formula is C22H27FN2O2. The number of hydrogen-bond donors (Lipinski definition) is 0. The average molecular weight is 370 g/mol. The van der Waals surface area contributed by atoms with Crippen LogP contribution >= 0.6 is 0 Å². The van der Waals surface area contributed by atoms with Crippen LogP contribution in [0.1, 0.15) is 29.2 Å². The van der Waals surface area contributed by atoms with Crippen molar-refractivity contribution in [3.63, 3.8) is 0 Å². The van der Waals surface area contributed by atoms with Crippen molar-refractivity contribution < 1.29 is 13.9 Å². The molecule has 1 aliphatic rings. The van der Waals surface area contributed by atoms with Crippen molar-refractivity contribution in [3.8, 4) is 0 Å². The van der Waals surface area contributed by atoms with Crippen LogP contribution in [0.4, 0.5) is 10.1 Å². The fourth-order valence-electron chi connectivity index (χ4n) is 3.01. The van der Waals surface area contributed by atoms with Crippen LogP contribution in [0, 0.1) is 19.7 Å². The van der Waals surface area contributed by atoms with Gasteiger partial charge in [0.2, 0.25) is 0 Å². The second kappa shape index (κ2) is 8.19. The lowest BCUT2D eigenvalue weighted by Crippen LogP contribution is -2.49. The van der Waals surface area contributed by atoms with Crippen molar-refractivity contribution in [2.75, 3.05) is 26.8 Å². The predicted octanol–water partition coefficient (Wildman–Crippen LogP) is 4.50. The Hall–Kier alpha value is -2.24. The van der Waals surface area contributed by atoms with Crippen LogP contribution in [0.5, 0.6) is 0 Å². The van der Waals surface area contributed by atoms with Gasteiger partial charge in [-0.1, -0.05) is 29.8 Å². The molecule has 2 aromatic carbocycles. The van der Waals surface area contributed by atoms with Crippen LogP contribution in [-0.2, 0) is 21.7 Å². The third-order valence-corrected chi connectivity index (χ3v) is 4.98. The fraction of sp³-hybridized carbons (Fsp3) is 0.409. The molecule has 0 aromatic heterocycles.